The Morgan fingerprint density at radius 2 is 2.06 bits per heavy atom. The molecule has 0 amide bonds. The lowest BCUT2D eigenvalue weighted by atomic mass is 10.2. The molecule has 0 spiro atoms. The Balaban J connectivity index is 1.95. The number of benzene rings is 1. The standard InChI is InChI=1S/C13H12NO3/c1-16-11-6-4-10(5-7-11)9-17-13(15)12-3-2-8-14-12/h2-8H,9H2,1H3. The summed E-state index contributed by atoms with van der Waals surface area (Å²) in [6.07, 6.45) is 4.88. The first-order valence-electron chi connectivity index (χ1n) is 5.17. The zero-order valence-electron chi connectivity index (χ0n) is 9.42. The van der Waals surface area contributed by atoms with Crippen molar-refractivity contribution in [3.63, 3.8) is 0 Å². The molecule has 4 nitrogen and oxygen atoms in total. The molecule has 1 heterocycles. The number of methoxy groups -OCH3 is 1. The second-order valence-electron chi connectivity index (χ2n) is 3.45. The van der Waals surface area contributed by atoms with Crippen LogP contribution in [-0.4, -0.2) is 13.3 Å². The fourth-order valence-corrected chi connectivity index (χ4v) is 1.37. The predicted octanol–water partition coefficient (Wildman–Crippen LogP) is 2.45. The first-order chi connectivity index (χ1) is 8.29. The summed E-state index contributed by atoms with van der Waals surface area (Å²) in [7, 11) is 1.61. The first-order valence-corrected chi connectivity index (χ1v) is 5.17. The van der Waals surface area contributed by atoms with Gasteiger partial charge in [0, 0.05) is 6.21 Å². The van der Waals surface area contributed by atoms with Gasteiger partial charge >= 0.3 is 5.95 Å². The molecular formula is C13H12NO3. The van der Waals surface area contributed by atoms with Gasteiger partial charge in [-0.25, -0.2) is 10.1 Å². The maximum atomic E-state index is 11.5. The van der Waals surface area contributed by atoms with Crippen LogP contribution in [0.25, 0.3) is 0 Å². The molecule has 0 aliphatic carbocycles. The molecule has 1 aliphatic heterocycles. The zero-order chi connectivity index (χ0) is 12.1. The molecular weight excluding hydrogens is 218 g/mol. The summed E-state index contributed by atoms with van der Waals surface area (Å²) in [5, 5.41) is 11.5. The minimum atomic E-state index is -0.411. The Labute approximate surface area is 99.5 Å². The van der Waals surface area contributed by atoms with Crippen molar-refractivity contribution in [2.75, 3.05) is 7.11 Å². The van der Waals surface area contributed by atoms with Crippen LogP contribution in [0.5, 0.6) is 5.75 Å². The van der Waals surface area contributed by atoms with Gasteiger partial charge in [-0.15, -0.1) is 0 Å². The summed E-state index contributed by atoms with van der Waals surface area (Å²) in [6.45, 7) is 0.232. The molecule has 0 saturated heterocycles. The van der Waals surface area contributed by atoms with E-state index in [2.05, 4.69) is 4.99 Å². The van der Waals surface area contributed by atoms with Crippen LogP contribution in [0.1, 0.15) is 5.56 Å². The third kappa shape index (κ3) is 2.87. The van der Waals surface area contributed by atoms with Gasteiger partial charge in [0.25, 0.3) is 0 Å². The summed E-state index contributed by atoms with van der Waals surface area (Å²) in [5.41, 5.74) is 1.24. The summed E-state index contributed by atoms with van der Waals surface area (Å²) in [6, 6.07) is 7.35. The molecule has 0 saturated carbocycles. The number of nitrogens with zero attached hydrogens (tertiary/aromatic N) is 1. The van der Waals surface area contributed by atoms with Gasteiger partial charge in [0.2, 0.25) is 0 Å². The summed E-state index contributed by atoms with van der Waals surface area (Å²) in [5.74, 6) is 0.364. The van der Waals surface area contributed by atoms with Gasteiger partial charge in [-0.05, 0) is 29.8 Å². The van der Waals surface area contributed by atoms with E-state index < -0.39 is 5.95 Å². The number of hydrogen-bond donors (Lipinski definition) is 0. The van der Waals surface area contributed by atoms with Crippen LogP contribution in [0.2, 0.25) is 0 Å². The van der Waals surface area contributed by atoms with Crippen LogP contribution in [-0.2, 0) is 16.5 Å². The van der Waals surface area contributed by atoms with Gasteiger partial charge in [-0.1, -0.05) is 12.1 Å². The molecule has 0 aromatic heterocycles. The van der Waals surface area contributed by atoms with Crippen LogP contribution in [0, 0.1) is 0 Å². The average molecular weight is 230 g/mol. The molecule has 2 rings (SSSR count). The molecule has 17 heavy (non-hydrogen) atoms. The lowest BCUT2D eigenvalue weighted by Crippen LogP contribution is -1.94. The van der Waals surface area contributed by atoms with E-state index in [1.165, 1.54) is 0 Å². The molecule has 87 valence electrons. The molecule has 1 aromatic rings. The lowest BCUT2D eigenvalue weighted by molar-refractivity contribution is 0.0407. The van der Waals surface area contributed by atoms with Crippen molar-refractivity contribution < 1.29 is 14.6 Å². The van der Waals surface area contributed by atoms with E-state index >= 15 is 0 Å². The Bertz CT molecular complexity index is 458. The molecule has 1 aliphatic rings. The van der Waals surface area contributed by atoms with Gasteiger partial charge in [0.05, 0.1) is 7.11 Å². The van der Waals surface area contributed by atoms with Crippen LogP contribution in [0.4, 0.5) is 0 Å². The summed E-state index contributed by atoms with van der Waals surface area (Å²) < 4.78 is 10.1. The lowest BCUT2D eigenvalue weighted by Gasteiger charge is -2.04. The quantitative estimate of drug-likeness (QED) is 0.746. The topological polar surface area (TPSA) is 50.7 Å². The monoisotopic (exact) mass is 230 g/mol. The molecule has 1 radical (unpaired) electrons. The second-order valence-corrected chi connectivity index (χ2v) is 3.45. The van der Waals surface area contributed by atoms with E-state index in [1.807, 2.05) is 24.3 Å². The largest absolute Gasteiger partial charge is 0.497 e. The Hall–Kier alpha value is -2.23. The highest BCUT2D eigenvalue weighted by molar-refractivity contribution is 5.77. The number of hydrogen-bond acceptors (Lipinski definition) is 3. The first kappa shape index (κ1) is 11.3. The average Bonchev–Trinajstić information content (AvgIpc) is 2.90. The molecule has 0 fully saturated rings. The van der Waals surface area contributed by atoms with E-state index in [0.29, 0.717) is 5.70 Å². The van der Waals surface area contributed by atoms with Crippen molar-refractivity contribution >= 4 is 6.21 Å². The smallest absolute Gasteiger partial charge is 0.357 e. The van der Waals surface area contributed by atoms with Crippen molar-refractivity contribution in [1.29, 1.82) is 0 Å². The van der Waals surface area contributed by atoms with Crippen molar-refractivity contribution in [3.05, 3.63) is 53.6 Å². The number of rotatable bonds is 4. The third-order valence-electron chi connectivity index (χ3n) is 2.29. The molecule has 4 heteroatoms. The Kier molecular flexibility index (Phi) is 3.45. The highest BCUT2D eigenvalue weighted by Gasteiger charge is 2.07. The number of allylic oxidation sites excluding steroid dienone is 2. The van der Waals surface area contributed by atoms with E-state index in [1.54, 1.807) is 25.5 Å². The van der Waals surface area contributed by atoms with E-state index in [4.69, 9.17) is 9.47 Å². The van der Waals surface area contributed by atoms with Crippen LogP contribution < -0.4 is 4.74 Å². The van der Waals surface area contributed by atoms with E-state index in [9.17, 15) is 5.11 Å². The highest BCUT2D eigenvalue weighted by Crippen LogP contribution is 2.15. The second kappa shape index (κ2) is 5.21. The van der Waals surface area contributed by atoms with Crippen LogP contribution >= 0.6 is 0 Å². The van der Waals surface area contributed by atoms with Gasteiger partial charge in [0.15, 0.2) is 0 Å². The van der Waals surface area contributed by atoms with Crippen LogP contribution in [0.15, 0.2) is 53.1 Å². The van der Waals surface area contributed by atoms with Crippen molar-refractivity contribution in [2.45, 2.75) is 6.61 Å². The SMILES string of the molecule is COc1ccc(COC([O])=C2C=CC=N2)cc1. The molecule has 1 aromatic carbocycles. The van der Waals surface area contributed by atoms with E-state index in [-0.39, 0.29) is 6.61 Å². The Morgan fingerprint density at radius 1 is 1.29 bits per heavy atom. The number of aliphatic imine (C=N–C) groups is 1. The fourth-order valence-electron chi connectivity index (χ4n) is 1.37. The molecule has 0 bridgehead atoms. The summed E-state index contributed by atoms with van der Waals surface area (Å²) >= 11 is 0. The Morgan fingerprint density at radius 3 is 2.65 bits per heavy atom. The highest BCUT2D eigenvalue weighted by atomic mass is 16.6. The minimum absolute atomic E-state index is 0.232. The van der Waals surface area contributed by atoms with Crippen molar-refractivity contribution in [2.24, 2.45) is 4.99 Å². The molecule has 0 unspecified atom stereocenters. The minimum Gasteiger partial charge on any atom is -0.497 e. The van der Waals surface area contributed by atoms with E-state index in [0.717, 1.165) is 11.3 Å². The number of ether oxygens (including phenoxy) is 2. The maximum Gasteiger partial charge on any atom is 0.357 e. The van der Waals surface area contributed by atoms with Gasteiger partial charge in [0.1, 0.15) is 18.1 Å². The van der Waals surface area contributed by atoms with Crippen LogP contribution in [0.3, 0.4) is 0 Å². The fraction of sp³-hybridized carbons (Fsp3) is 0.154. The third-order valence-corrected chi connectivity index (χ3v) is 2.29. The molecule has 0 N–H and O–H groups in total. The van der Waals surface area contributed by atoms with Crippen molar-refractivity contribution in [1.82, 2.24) is 0 Å². The predicted molar refractivity (Wildman–Crippen MR) is 63.1 cm³/mol. The van der Waals surface area contributed by atoms with Gasteiger partial charge < -0.3 is 9.47 Å². The maximum absolute atomic E-state index is 11.5. The van der Waals surface area contributed by atoms with Crippen molar-refractivity contribution in [3.8, 4) is 5.75 Å². The molecule has 0 atom stereocenters. The normalized spacial score (nSPS) is 16.1. The summed E-state index contributed by atoms with van der Waals surface area (Å²) in [4.78, 5) is 3.86. The zero-order valence-corrected chi connectivity index (χ0v) is 9.42. The van der Waals surface area contributed by atoms with Gasteiger partial charge in [-0.3, -0.25) is 0 Å². The van der Waals surface area contributed by atoms with Gasteiger partial charge in [-0.2, -0.15) is 0 Å².